The zero-order valence-corrected chi connectivity index (χ0v) is 28.5. The molecule has 3 fully saturated rings. The van der Waals surface area contributed by atoms with Crippen LogP contribution in [0.25, 0.3) is 0 Å². The Labute approximate surface area is 288 Å². The van der Waals surface area contributed by atoms with Gasteiger partial charge in [0, 0.05) is 69.4 Å². The maximum Gasteiger partial charge on any atom is 0.335 e. The van der Waals surface area contributed by atoms with Crippen molar-refractivity contribution in [2.45, 2.75) is 70.7 Å². The van der Waals surface area contributed by atoms with Crippen LogP contribution in [-0.4, -0.2) is 93.3 Å². The van der Waals surface area contributed by atoms with E-state index in [1.165, 1.54) is 0 Å². The number of amides is 4. The first kappa shape index (κ1) is 34.2. The van der Waals surface area contributed by atoms with E-state index in [-0.39, 0.29) is 47.5 Å². The molecular formula is C39H47N5O5. The van der Waals surface area contributed by atoms with Crippen molar-refractivity contribution in [1.29, 1.82) is 0 Å². The van der Waals surface area contributed by atoms with E-state index in [9.17, 15) is 24.3 Å². The lowest BCUT2D eigenvalue weighted by Gasteiger charge is -2.39. The van der Waals surface area contributed by atoms with Gasteiger partial charge >= 0.3 is 12.0 Å². The van der Waals surface area contributed by atoms with Gasteiger partial charge < -0.3 is 25.1 Å². The normalized spacial score (nSPS) is 19.4. The monoisotopic (exact) mass is 665 g/mol. The molecule has 49 heavy (non-hydrogen) atoms. The van der Waals surface area contributed by atoms with Gasteiger partial charge in [0.15, 0.2) is 0 Å². The fourth-order valence-corrected chi connectivity index (χ4v) is 7.42. The van der Waals surface area contributed by atoms with Gasteiger partial charge in [-0.05, 0) is 80.5 Å². The third-order valence-corrected chi connectivity index (χ3v) is 10.1. The second-order valence-electron chi connectivity index (χ2n) is 13.9. The lowest BCUT2D eigenvalue weighted by molar-refractivity contribution is -0.126. The molecule has 3 heterocycles. The number of carbonyl (C=O) groups excluding carboxylic acids is 3. The second-order valence-corrected chi connectivity index (χ2v) is 13.9. The molecule has 3 aliphatic heterocycles. The van der Waals surface area contributed by atoms with Crippen molar-refractivity contribution in [3.8, 4) is 0 Å². The summed E-state index contributed by atoms with van der Waals surface area (Å²) in [6.07, 6.45) is 3.12. The highest BCUT2D eigenvalue weighted by Crippen LogP contribution is 2.35. The quantitative estimate of drug-likeness (QED) is 0.300. The Morgan fingerprint density at radius 3 is 1.96 bits per heavy atom. The molecule has 2 N–H and O–H groups in total. The van der Waals surface area contributed by atoms with Crippen LogP contribution < -0.4 is 5.32 Å². The molecular weight excluding hydrogens is 618 g/mol. The molecule has 10 heteroatoms. The van der Waals surface area contributed by atoms with E-state index in [0.717, 1.165) is 49.2 Å². The van der Waals surface area contributed by atoms with Gasteiger partial charge in [0.25, 0.3) is 5.91 Å². The number of nitrogens with one attached hydrogen (secondary N) is 1. The maximum absolute atomic E-state index is 13.9. The molecule has 0 radical (unpaired) electrons. The van der Waals surface area contributed by atoms with Gasteiger partial charge in [0.2, 0.25) is 5.91 Å². The summed E-state index contributed by atoms with van der Waals surface area (Å²) in [5.74, 6) is -0.892. The van der Waals surface area contributed by atoms with E-state index in [4.69, 9.17) is 0 Å². The Bertz CT molecular complexity index is 1610. The number of likely N-dealkylation sites (tertiary alicyclic amines) is 2. The minimum atomic E-state index is -0.963. The van der Waals surface area contributed by atoms with E-state index in [1.54, 1.807) is 24.3 Å². The number of hydrogen-bond donors (Lipinski definition) is 2. The minimum absolute atomic E-state index is 0.0182. The largest absolute Gasteiger partial charge is 0.478 e. The molecule has 4 amide bonds. The van der Waals surface area contributed by atoms with Gasteiger partial charge in [0.05, 0.1) is 11.6 Å². The Morgan fingerprint density at radius 2 is 1.37 bits per heavy atom. The zero-order valence-electron chi connectivity index (χ0n) is 28.5. The number of urea groups is 1. The van der Waals surface area contributed by atoms with Crippen molar-refractivity contribution in [3.63, 3.8) is 0 Å². The molecule has 258 valence electrons. The third-order valence-electron chi connectivity index (χ3n) is 10.1. The number of rotatable bonds is 10. The fraction of sp³-hybridized carbons (Fsp3) is 0.436. The Hall–Kier alpha value is -4.70. The van der Waals surface area contributed by atoms with E-state index in [0.29, 0.717) is 44.6 Å². The summed E-state index contributed by atoms with van der Waals surface area (Å²) < 4.78 is 0. The predicted molar refractivity (Wildman–Crippen MR) is 187 cm³/mol. The van der Waals surface area contributed by atoms with E-state index in [1.807, 2.05) is 66.1 Å². The van der Waals surface area contributed by atoms with Gasteiger partial charge in [-0.15, -0.1) is 0 Å². The smallest absolute Gasteiger partial charge is 0.335 e. The SMILES string of the molecule is CC(C)NC(=O)C1CCN(C(=O)c2ccc(CN3CCC(N4C(=O)N(Cc5ccc(C(=O)O)cc5)C[C@H]4c4ccccc4)CC3)cc2)CC1. The van der Waals surface area contributed by atoms with Gasteiger partial charge in [-0.2, -0.15) is 0 Å². The van der Waals surface area contributed by atoms with Crippen LogP contribution in [0.15, 0.2) is 78.9 Å². The van der Waals surface area contributed by atoms with Crippen LogP contribution in [0.4, 0.5) is 4.79 Å². The maximum atomic E-state index is 13.9. The summed E-state index contributed by atoms with van der Waals surface area (Å²) in [6, 6.07) is 25.1. The Morgan fingerprint density at radius 1 is 0.776 bits per heavy atom. The molecule has 1 atom stereocenters. The number of nitrogens with zero attached hydrogens (tertiary/aromatic N) is 4. The molecule has 0 bridgehead atoms. The van der Waals surface area contributed by atoms with Gasteiger partial charge in [-0.1, -0.05) is 54.6 Å². The van der Waals surface area contributed by atoms with Crippen LogP contribution in [0.3, 0.4) is 0 Å². The van der Waals surface area contributed by atoms with Crippen LogP contribution in [0.1, 0.15) is 83.0 Å². The first-order valence-corrected chi connectivity index (χ1v) is 17.5. The Balaban J connectivity index is 1.03. The lowest BCUT2D eigenvalue weighted by atomic mass is 9.95. The number of piperidine rings is 2. The summed E-state index contributed by atoms with van der Waals surface area (Å²) >= 11 is 0. The molecule has 3 aromatic rings. The fourth-order valence-electron chi connectivity index (χ4n) is 7.42. The van der Waals surface area contributed by atoms with Crippen LogP contribution in [0.5, 0.6) is 0 Å². The number of aromatic carboxylic acids is 1. The summed E-state index contributed by atoms with van der Waals surface area (Å²) in [5.41, 5.74) is 4.09. The topological polar surface area (TPSA) is 114 Å². The molecule has 0 spiro atoms. The first-order chi connectivity index (χ1) is 23.7. The molecule has 0 aromatic heterocycles. The predicted octanol–water partition coefficient (Wildman–Crippen LogP) is 5.41. The van der Waals surface area contributed by atoms with Crippen LogP contribution in [-0.2, 0) is 17.9 Å². The summed E-state index contributed by atoms with van der Waals surface area (Å²) in [4.78, 5) is 59.0. The standard InChI is InChI=1S/C39H47N5O5/c1-27(2)40-36(45)31-16-22-42(23-17-31)37(46)32-12-8-28(9-13-32)24-41-20-18-34(19-21-41)44-35(30-6-4-3-5-7-30)26-43(39(44)49)25-29-10-14-33(15-11-29)38(47)48/h3-15,27,31,34-35H,16-26H2,1-2H3,(H,40,45)(H,47,48)/t35-/m0/s1. The van der Waals surface area contributed by atoms with Crippen molar-refractivity contribution in [2.24, 2.45) is 5.92 Å². The summed E-state index contributed by atoms with van der Waals surface area (Å²) in [5, 5.41) is 12.2. The van der Waals surface area contributed by atoms with Gasteiger partial charge in [-0.3, -0.25) is 14.5 Å². The van der Waals surface area contributed by atoms with Crippen LogP contribution >= 0.6 is 0 Å². The summed E-state index contributed by atoms with van der Waals surface area (Å²) in [6.45, 7) is 8.64. The molecule has 3 aromatic carbocycles. The van der Waals surface area contributed by atoms with E-state index >= 15 is 0 Å². The minimum Gasteiger partial charge on any atom is -0.478 e. The third kappa shape index (κ3) is 8.13. The van der Waals surface area contributed by atoms with E-state index in [2.05, 4.69) is 27.2 Å². The van der Waals surface area contributed by atoms with Gasteiger partial charge in [-0.25, -0.2) is 9.59 Å². The number of carboxylic acid groups (broad SMARTS) is 1. The first-order valence-electron chi connectivity index (χ1n) is 17.5. The van der Waals surface area contributed by atoms with Crippen LogP contribution in [0.2, 0.25) is 0 Å². The number of hydrogen-bond acceptors (Lipinski definition) is 5. The van der Waals surface area contributed by atoms with Crippen molar-refractivity contribution in [2.75, 3.05) is 32.7 Å². The number of carboxylic acids is 1. The van der Waals surface area contributed by atoms with E-state index < -0.39 is 5.97 Å². The highest BCUT2D eigenvalue weighted by Gasteiger charge is 2.42. The van der Waals surface area contributed by atoms with Crippen molar-refractivity contribution < 1.29 is 24.3 Å². The molecule has 0 unspecified atom stereocenters. The molecule has 6 rings (SSSR count). The summed E-state index contributed by atoms with van der Waals surface area (Å²) in [7, 11) is 0. The molecule has 3 aliphatic rings. The average molecular weight is 666 g/mol. The molecule has 0 aliphatic carbocycles. The number of benzene rings is 3. The van der Waals surface area contributed by atoms with Crippen molar-refractivity contribution >= 4 is 23.8 Å². The van der Waals surface area contributed by atoms with Gasteiger partial charge in [0.1, 0.15) is 0 Å². The second kappa shape index (κ2) is 15.2. The highest BCUT2D eigenvalue weighted by atomic mass is 16.4. The molecule has 0 saturated carbocycles. The van der Waals surface area contributed by atoms with Crippen molar-refractivity contribution in [3.05, 3.63) is 107 Å². The average Bonchev–Trinajstić information content (AvgIpc) is 3.44. The highest BCUT2D eigenvalue weighted by molar-refractivity contribution is 5.94. The number of carbonyl (C=O) groups is 4. The zero-order chi connectivity index (χ0) is 34.5. The molecule has 3 saturated heterocycles. The molecule has 10 nitrogen and oxygen atoms in total. The lowest BCUT2D eigenvalue weighted by Crippen LogP contribution is -2.47. The van der Waals surface area contributed by atoms with Crippen LogP contribution in [0, 0.1) is 5.92 Å². The van der Waals surface area contributed by atoms with Crippen molar-refractivity contribution in [1.82, 2.24) is 24.9 Å². The Kier molecular flexibility index (Phi) is 10.6.